The summed E-state index contributed by atoms with van der Waals surface area (Å²) in [6.45, 7) is 1.82. The molecule has 26 heavy (non-hydrogen) atoms. The normalized spacial score (nSPS) is 11.5. The Morgan fingerprint density at radius 2 is 1.88 bits per heavy atom. The van der Waals surface area contributed by atoms with Gasteiger partial charge in [-0.1, -0.05) is 41.9 Å². The second-order valence-corrected chi connectivity index (χ2v) is 6.06. The third-order valence-electron chi connectivity index (χ3n) is 3.65. The number of rotatable bonds is 6. The number of nitro benzene ring substituents is 1. The maximum Gasteiger partial charge on any atom is 0.339 e. The molecule has 0 spiro atoms. The molecule has 136 valence electrons. The number of benzene rings is 2. The van der Waals surface area contributed by atoms with Crippen LogP contribution in [0.2, 0.25) is 5.02 Å². The summed E-state index contributed by atoms with van der Waals surface area (Å²) in [5.74, 6) is -1.22. The van der Waals surface area contributed by atoms with E-state index in [1.807, 2.05) is 30.3 Å². The van der Waals surface area contributed by atoms with Crippen molar-refractivity contribution in [3.05, 3.63) is 74.8 Å². The zero-order valence-electron chi connectivity index (χ0n) is 14.2. The lowest BCUT2D eigenvalue weighted by Crippen LogP contribution is -2.37. The molecule has 7 nitrogen and oxygen atoms in total. The fraction of sp³-hybridized carbons (Fsp3) is 0.222. The molecule has 2 aromatic carbocycles. The van der Waals surface area contributed by atoms with Gasteiger partial charge in [-0.25, -0.2) is 4.79 Å². The summed E-state index contributed by atoms with van der Waals surface area (Å²) in [6.07, 6.45) is -1.04. The van der Waals surface area contributed by atoms with E-state index in [4.69, 9.17) is 16.3 Å². The predicted octanol–water partition coefficient (Wildman–Crippen LogP) is 3.45. The minimum atomic E-state index is -1.04. The Kier molecular flexibility index (Phi) is 6.30. The molecular weight excluding hydrogens is 360 g/mol. The van der Waals surface area contributed by atoms with Crippen LogP contribution in [-0.2, 0) is 16.1 Å². The summed E-state index contributed by atoms with van der Waals surface area (Å²) in [4.78, 5) is 36.2. The molecule has 0 aliphatic carbocycles. The van der Waals surface area contributed by atoms with Crippen molar-refractivity contribution in [2.24, 2.45) is 0 Å². The molecule has 0 heterocycles. The number of amides is 1. The molecule has 0 N–H and O–H groups in total. The van der Waals surface area contributed by atoms with Gasteiger partial charge in [-0.3, -0.25) is 14.9 Å². The highest BCUT2D eigenvalue weighted by Gasteiger charge is 2.24. The number of carbonyl (C=O) groups excluding carboxylic acids is 2. The first kappa shape index (κ1) is 19.4. The summed E-state index contributed by atoms with van der Waals surface area (Å²) in [5.41, 5.74) is 0.489. The lowest BCUT2D eigenvalue weighted by Gasteiger charge is -2.21. The maximum absolute atomic E-state index is 12.4. The van der Waals surface area contributed by atoms with E-state index in [9.17, 15) is 19.7 Å². The van der Waals surface area contributed by atoms with Crippen LogP contribution in [0.4, 0.5) is 5.69 Å². The van der Waals surface area contributed by atoms with Gasteiger partial charge in [0.2, 0.25) is 0 Å². The van der Waals surface area contributed by atoms with Crippen LogP contribution < -0.4 is 0 Å². The summed E-state index contributed by atoms with van der Waals surface area (Å²) < 4.78 is 5.14. The van der Waals surface area contributed by atoms with Crippen molar-refractivity contribution in [2.75, 3.05) is 7.05 Å². The predicted molar refractivity (Wildman–Crippen MR) is 95.9 cm³/mol. The first-order valence-corrected chi connectivity index (χ1v) is 8.11. The van der Waals surface area contributed by atoms with Gasteiger partial charge in [0, 0.05) is 19.7 Å². The number of esters is 1. The molecule has 0 fully saturated rings. The highest BCUT2D eigenvalue weighted by molar-refractivity contribution is 6.32. The molecule has 0 unspecified atom stereocenters. The lowest BCUT2D eigenvalue weighted by molar-refractivity contribution is -0.384. The van der Waals surface area contributed by atoms with Crippen LogP contribution in [0, 0.1) is 10.1 Å². The van der Waals surface area contributed by atoms with E-state index in [1.54, 1.807) is 7.05 Å². The molecule has 0 saturated heterocycles. The van der Waals surface area contributed by atoms with Gasteiger partial charge in [0.25, 0.3) is 11.6 Å². The van der Waals surface area contributed by atoms with Crippen LogP contribution in [0.3, 0.4) is 0 Å². The Bertz CT molecular complexity index is 826. The van der Waals surface area contributed by atoms with E-state index in [1.165, 1.54) is 24.0 Å². The van der Waals surface area contributed by atoms with E-state index < -0.39 is 22.7 Å². The second-order valence-electron chi connectivity index (χ2n) is 5.65. The van der Waals surface area contributed by atoms with Crippen LogP contribution in [0.25, 0.3) is 0 Å². The van der Waals surface area contributed by atoms with Gasteiger partial charge >= 0.3 is 5.97 Å². The fourth-order valence-corrected chi connectivity index (χ4v) is 2.49. The van der Waals surface area contributed by atoms with E-state index in [0.717, 1.165) is 11.6 Å². The summed E-state index contributed by atoms with van der Waals surface area (Å²) in [7, 11) is 1.60. The Hall–Kier alpha value is -2.93. The second kappa shape index (κ2) is 8.44. The molecule has 2 aromatic rings. The average Bonchev–Trinajstić information content (AvgIpc) is 2.61. The fourth-order valence-electron chi connectivity index (χ4n) is 2.30. The number of hydrogen-bond donors (Lipinski definition) is 0. The highest BCUT2D eigenvalue weighted by Crippen LogP contribution is 2.25. The lowest BCUT2D eigenvalue weighted by atomic mass is 10.2. The number of likely N-dealkylation sites (N-methyl/N-ethyl adjacent to an activating group) is 1. The molecule has 0 aliphatic heterocycles. The van der Waals surface area contributed by atoms with Gasteiger partial charge in [-0.05, 0) is 24.6 Å². The van der Waals surface area contributed by atoms with Gasteiger partial charge in [-0.2, -0.15) is 0 Å². The number of nitro groups is 1. The van der Waals surface area contributed by atoms with Gasteiger partial charge in [0.15, 0.2) is 6.10 Å². The number of nitrogens with zero attached hydrogens (tertiary/aromatic N) is 2. The van der Waals surface area contributed by atoms with Crippen molar-refractivity contribution in [3.8, 4) is 0 Å². The minimum Gasteiger partial charge on any atom is -0.449 e. The van der Waals surface area contributed by atoms with E-state index in [2.05, 4.69) is 0 Å². The molecule has 0 aromatic heterocycles. The average molecular weight is 377 g/mol. The van der Waals surface area contributed by atoms with Crippen LogP contribution in [0.15, 0.2) is 48.5 Å². The zero-order valence-corrected chi connectivity index (χ0v) is 15.0. The monoisotopic (exact) mass is 376 g/mol. The molecule has 2 rings (SSSR count). The van der Waals surface area contributed by atoms with Crippen LogP contribution in [0.5, 0.6) is 0 Å². The topological polar surface area (TPSA) is 89.7 Å². The molecule has 0 radical (unpaired) electrons. The minimum absolute atomic E-state index is 0.0496. The quantitative estimate of drug-likeness (QED) is 0.437. The van der Waals surface area contributed by atoms with Crippen LogP contribution in [0.1, 0.15) is 22.8 Å². The maximum atomic E-state index is 12.4. The van der Waals surface area contributed by atoms with E-state index >= 15 is 0 Å². The molecule has 0 aliphatic rings. The molecule has 0 bridgehead atoms. The van der Waals surface area contributed by atoms with Crippen LogP contribution in [-0.4, -0.2) is 34.9 Å². The number of halogens is 1. The molecular formula is C18H17ClN2O5. The van der Waals surface area contributed by atoms with Gasteiger partial charge in [0.1, 0.15) is 5.02 Å². The van der Waals surface area contributed by atoms with Gasteiger partial charge < -0.3 is 9.64 Å². The summed E-state index contributed by atoms with van der Waals surface area (Å²) >= 11 is 5.72. The van der Waals surface area contributed by atoms with E-state index in [-0.39, 0.29) is 16.5 Å². The number of carbonyl (C=O) groups is 2. The summed E-state index contributed by atoms with van der Waals surface area (Å²) in [6, 6.07) is 12.9. The Labute approximate surface area is 155 Å². The Balaban J connectivity index is 2.03. The van der Waals surface area contributed by atoms with Gasteiger partial charge in [-0.15, -0.1) is 0 Å². The van der Waals surface area contributed by atoms with Crippen molar-refractivity contribution in [3.63, 3.8) is 0 Å². The number of ether oxygens (including phenoxy) is 1. The largest absolute Gasteiger partial charge is 0.449 e. The third kappa shape index (κ3) is 4.80. The Morgan fingerprint density at radius 1 is 1.23 bits per heavy atom. The SMILES string of the molecule is C[C@@H](OC(=O)c1ccc(Cl)c([N+](=O)[O-])c1)C(=O)N(C)Cc1ccccc1. The van der Waals surface area contributed by atoms with E-state index in [0.29, 0.717) is 6.54 Å². The first-order valence-electron chi connectivity index (χ1n) is 7.73. The van der Waals surface area contributed by atoms with Crippen molar-refractivity contribution in [1.82, 2.24) is 4.90 Å². The smallest absolute Gasteiger partial charge is 0.339 e. The molecule has 1 atom stereocenters. The first-order chi connectivity index (χ1) is 12.3. The number of hydrogen-bond acceptors (Lipinski definition) is 5. The van der Waals surface area contributed by atoms with Crippen molar-refractivity contribution in [2.45, 2.75) is 19.6 Å². The van der Waals surface area contributed by atoms with Crippen molar-refractivity contribution in [1.29, 1.82) is 0 Å². The third-order valence-corrected chi connectivity index (χ3v) is 3.97. The molecule has 1 amide bonds. The van der Waals surface area contributed by atoms with Crippen LogP contribution >= 0.6 is 11.6 Å². The van der Waals surface area contributed by atoms with Gasteiger partial charge in [0.05, 0.1) is 10.5 Å². The van der Waals surface area contributed by atoms with Crippen molar-refractivity contribution >= 4 is 29.2 Å². The van der Waals surface area contributed by atoms with Crippen molar-refractivity contribution < 1.29 is 19.2 Å². The molecule has 8 heteroatoms. The zero-order chi connectivity index (χ0) is 19.3. The Morgan fingerprint density at radius 3 is 2.50 bits per heavy atom. The summed E-state index contributed by atoms with van der Waals surface area (Å²) in [5, 5.41) is 10.8. The standard InChI is InChI=1S/C18H17ClN2O5/c1-12(17(22)20(2)11-13-6-4-3-5-7-13)26-18(23)14-8-9-15(19)16(10-14)21(24)25/h3-10,12H,11H2,1-2H3/t12-/m1/s1. The highest BCUT2D eigenvalue weighted by atomic mass is 35.5. The molecule has 0 saturated carbocycles.